The van der Waals surface area contributed by atoms with Crippen molar-refractivity contribution in [2.24, 2.45) is 5.41 Å². The number of hydrogen-bond donors (Lipinski definition) is 1. The van der Waals surface area contributed by atoms with Crippen molar-refractivity contribution in [2.45, 2.75) is 31.7 Å². The minimum atomic E-state index is -4.41. The summed E-state index contributed by atoms with van der Waals surface area (Å²) < 4.78 is 31.0. The second-order valence-corrected chi connectivity index (χ2v) is 13.8. The molecule has 0 aliphatic heterocycles. The molecule has 206 valence electrons. The van der Waals surface area contributed by atoms with Gasteiger partial charge in [-0.15, -0.1) is 11.3 Å². The molecule has 0 aliphatic rings. The average Bonchev–Trinajstić information content (AvgIpc) is 3.56. The smallest absolute Gasteiger partial charge is 0.328 e. The molecule has 0 amide bonds. The minimum Gasteiger partial charge on any atom is -0.480 e. The van der Waals surface area contributed by atoms with E-state index in [-0.39, 0.29) is 20.6 Å². The maximum Gasteiger partial charge on any atom is 0.328 e. The second-order valence-electron chi connectivity index (χ2n) is 10.2. The summed E-state index contributed by atoms with van der Waals surface area (Å²) in [7, 11) is -4.41. The monoisotopic (exact) mass is 614 g/mol. The molecule has 5 aromatic rings. The van der Waals surface area contributed by atoms with Crippen LogP contribution in [0.4, 0.5) is 5.69 Å². The first-order valence-corrected chi connectivity index (χ1v) is 15.1. The van der Waals surface area contributed by atoms with Crippen molar-refractivity contribution in [3.8, 4) is 16.4 Å². The number of sulfonamides is 1. The number of aromatic nitrogens is 3. The Morgan fingerprint density at radius 3 is 2.35 bits per heavy atom. The summed E-state index contributed by atoms with van der Waals surface area (Å²) in [5.74, 6) is -0.628. The normalized spacial score (nSPS) is 12.9. The van der Waals surface area contributed by atoms with Crippen LogP contribution in [0, 0.1) is 5.41 Å². The van der Waals surface area contributed by atoms with Gasteiger partial charge in [-0.1, -0.05) is 44.0 Å². The molecular weight excluding hydrogens is 591 g/mol. The fourth-order valence-corrected chi connectivity index (χ4v) is 7.70. The van der Waals surface area contributed by atoms with Crippen molar-refractivity contribution in [1.82, 2.24) is 14.5 Å². The Bertz CT molecular complexity index is 1810. The van der Waals surface area contributed by atoms with Gasteiger partial charge < -0.3 is 9.67 Å². The third-order valence-corrected chi connectivity index (χ3v) is 9.31. The third kappa shape index (κ3) is 5.32. The summed E-state index contributed by atoms with van der Waals surface area (Å²) in [6.45, 7) is 5.03. The lowest BCUT2D eigenvalue weighted by atomic mass is 9.86. The number of thiazole rings is 1. The van der Waals surface area contributed by atoms with Crippen LogP contribution in [0.25, 0.3) is 27.3 Å². The van der Waals surface area contributed by atoms with E-state index in [4.69, 9.17) is 23.2 Å². The Morgan fingerprint density at radius 2 is 1.73 bits per heavy atom. The SMILES string of the molecule is CC(C)(C)C(C(=O)O)N(c1ccc2c(ccn2-c2cc(-c3nccs3)ccn2)c1)S(=O)(=O)c1cc(Cl)cc(Cl)c1. The zero-order chi connectivity index (χ0) is 28.8. The van der Waals surface area contributed by atoms with Crippen LogP contribution in [-0.4, -0.2) is 40.1 Å². The molecule has 3 aromatic heterocycles. The summed E-state index contributed by atoms with van der Waals surface area (Å²) >= 11 is 13.8. The van der Waals surface area contributed by atoms with Crippen molar-refractivity contribution in [3.05, 3.63) is 88.6 Å². The van der Waals surface area contributed by atoms with Crippen molar-refractivity contribution in [1.29, 1.82) is 0 Å². The molecule has 0 fully saturated rings. The molecule has 1 N–H and O–H groups in total. The highest BCUT2D eigenvalue weighted by atomic mass is 35.5. The standard InChI is InChI=1S/C28H24Cl2N4O4S2/c1-28(2,3)25(27(35)36)34(40(37,38)22-15-19(29)14-20(30)16-22)21-4-5-23-17(12-21)7-10-33(23)24-13-18(6-8-31-24)26-32-9-11-39-26/h4-16,25H,1-3H3,(H,35,36). The van der Waals surface area contributed by atoms with E-state index >= 15 is 0 Å². The highest BCUT2D eigenvalue weighted by Gasteiger charge is 2.43. The lowest BCUT2D eigenvalue weighted by Crippen LogP contribution is -2.52. The number of anilines is 1. The van der Waals surface area contributed by atoms with Crippen LogP contribution in [0.2, 0.25) is 10.0 Å². The number of nitrogens with zero attached hydrogens (tertiary/aromatic N) is 4. The third-order valence-electron chi connectivity index (χ3n) is 6.28. The highest BCUT2D eigenvalue weighted by molar-refractivity contribution is 7.93. The molecule has 5 rings (SSSR count). The molecule has 3 heterocycles. The summed E-state index contributed by atoms with van der Waals surface area (Å²) in [6.07, 6.45) is 5.28. The molecular formula is C28H24Cl2N4O4S2. The van der Waals surface area contributed by atoms with Gasteiger partial charge in [0.25, 0.3) is 10.0 Å². The van der Waals surface area contributed by atoms with E-state index in [0.717, 1.165) is 20.4 Å². The zero-order valence-electron chi connectivity index (χ0n) is 21.6. The van der Waals surface area contributed by atoms with Gasteiger partial charge in [-0.25, -0.2) is 23.2 Å². The number of carbonyl (C=O) groups is 1. The lowest BCUT2D eigenvalue weighted by Gasteiger charge is -2.37. The van der Waals surface area contributed by atoms with Crippen LogP contribution in [-0.2, 0) is 14.8 Å². The Morgan fingerprint density at radius 1 is 1.00 bits per heavy atom. The first-order chi connectivity index (χ1) is 18.9. The number of aliphatic carboxylic acids is 1. The maximum atomic E-state index is 14.1. The number of fused-ring (bicyclic) bond motifs is 1. The van der Waals surface area contributed by atoms with Gasteiger partial charge in [0.2, 0.25) is 0 Å². The zero-order valence-corrected chi connectivity index (χ0v) is 24.8. The summed E-state index contributed by atoms with van der Waals surface area (Å²) in [4.78, 5) is 21.2. The van der Waals surface area contributed by atoms with Gasteiger partial charge in [-0.3, -0.25) is 4.31 Å². The summed E-state index contributed by atoms with van der Waals surface area (Å²) in [5.41, 5.74) is 0.902. The van der Waals surface area contributed by atoms with E-state index in [1.54, 1.807) is 51.4 Å². The van der Waals surface area contributed by atoms with E-state index in [1.165, 1.54) is 29.5 Å². The first-order valence-electron chi connectivity index (χ1n) is 12.1. The lowest BCUT2D eigenvalue weighted by molar-refractivity contribution is -0.140. The van der Waals surface area contributed by atoms with Gasteiger partial charge in [0.15, 0.2) is 0 Å². The molecule has 0 spiro atoms. The summed E-state index contributed by atoms with van der Waals surface area (Å²) in [6, 6.07) is 13.1. The number of benzene rings is 2. The van der Waals surface area contributed by atoms with Crippen LogP contribution >= 0.6 is 34.5 Å². The molecule has 40 heavy (non-hydrogen) atoms. The number of hydrogen-bond acceptors (Lipinski definition) is 6. The molecule has 1 unspecified atom stereocenters. The Hall–Kier alpha value is -3.44. The van der Waals surface area contributed by atoms with Crippen molar-refractivity contribution in [2.75, 3.05) is 4.31 Å². The maximum absolute atomic E-state index is 14.1. The number of carboxylic acids is 1. The fourth-order valence-electron chi connectivity index (χ4n) is 4.56. The molecule has 2 aromatic carbocycles. The second kappa shape index (κ2) is 10.5. The molecule has 8 nitrogen and oxygen atoms in total. The summed E-state index contributed by atoms with van der Waals surface area (Å²) in [5, 5.41) is 14.0. The molecule has 0 saturated heterocycles. The van der Waals surface area contributed by atoms with Gasteiger partial charge in [0.1, 0.15) is 16.9 Å². The molecule has 0 aliphatic carbocycles. The average molecular weight is 616 g/mol. The fraction of sp³-hybridized carbons (Fsp3) is 0.179. The van der Waals surface area contributed by atoms with Crippen LogP contribution in [0.3, 0.4) is 0 Å². The van der Waals surface area contributed by atoms with Gasteiger partial charge in [-0.05, 0) is 60.0 Å². The van der Waals surface area contributed by atoms with Crippen LogP contribution in [0.5, 0.6) is 0 Å². The number of carboxylic acid groups (broad SMARTS) is 1. The van der Waals surface area contributed by atoms with Gasteiger partial charge in [-0.2, -0.15) is 0 Å². The van der Waals surface area contributed by atoms with Crippen LogP contribution in [0.1, 0.15) is 20.8 Å². The Balaban J connectivity index is 1.66. The number of rotatable bonds is 7. The molecule has 12 heteroatoms. The predicted molar refractivity (Wildman–Crippen MR) is 159 cm³/mol. The van der Waals surface area contributed by atoms with E-state index in [0.29, 0.717) is 11.2 Å². The van der Waals surface area contributed by atoms with Crippen LogP contribution in [0.15, 0.2) is 83.5 Å². The first kappa shape index (κ1) is 28.1. The van der Waals surface area contributed by atoms with Gasteiger partial charge in [0, 0.05) is 45.0 Å². The van der Waals surface area contributed by atoms with Crippen molar-refractivity contribution >= 4 is 67.1 Å². The molecule has 0 radical (unpaired) electrons. The number of halogens is 2. The van der Waals surface area contributed by atoms with E-state index in [2.05, 4.69) is 9.97 Å². The van der Waals surface area contributed by atoms with Crippen LogP contribution < -0.4 is 4.31 Å². The highest BCUT2D eigenvalue weighted by Crippen LogP contribution is 2.37. The van der Waals surface area contributed by atoms with Gasteiger partial charge >= 0.3 is 5.97 Å². The van der Waals surface area contributed by atoms with Gasteiger partial charge in [0.05, 0.1) is 16.1 Å². The Labute approximate surface area is 245 Å². The minimum absolute atomic E-state index is 0.119. The largest absolute Gasteiger partial charge is 0.480 e. The topological polar surface area (TPSA) is 105 Å². The predicted octanol–water partition coefficient (Wildman–Crippen LogP) is 7.15. The molecule has 0 saturated carbocycles. The van der Waals surface area contributed by atoms with Crippen molar-refractivity contribution < 1.29 is 18.3 Å². The van der Waals surface area contributed by atoms with E-state index < -0.39 is 27.4 Å². The Kier molecular flexibility index (Phi) is 7.39. The number of pyridine rings is 1. The molecule has 1 atom stereocenters. The van der Waals surface area contributed by atoms with E-state index in [1.807, 2.05) is 34.3 Å². The van der Waals surface area contributed by atoms with E-state index in [9.17, 15) is 18.3 Å². The van der Waals surface area contributed by atoms with Crippen molar-refractivity contribution in [3.63, 3.8) is 0 Å². The quantitative estimate of drug-likeness (QED) is 0.209. The molecule has 0 bridgehead atoms.